The van der Waals surface area contributed by atoms with Gasteiger partial charge in [-0.2, -0.15) is 0 Å². The normalized spacial score (nSPS) is 23.1. The van der Waals surface area contributed by atoms with E-state index in [1.807, 2.05) is 0 Å². The molecule has 0 aromatic rings. The Kier molecular flexibility index (Phi) is 10.3. The van der Waals surface area contributed by atoms with Crippen molar-refractivity contribution in [3.8, 4) is 0 Å². The molecular weight excluding hydrogens is 280 g/mol. The van der Waals surface area contributed by atoms with Crippen LogP contribution in [-0.4, -0.2) is 69.1 Å². The fourth-order valence-electron chi connectivity index (χ4n) is 2.01. The highest BCUT2D eigenvalue weighted by molar-refractivity contribution is 9.09. The summed E-state index contributed by atoms with van der Waals surface area (Å²) in [4.78, 5) is 2.54. The van der Waals surface area contributed by atoms with Crippen LogP contribution in [0.15, 0.2) is 0 Å². The Morgan fingerprint density at radius 2 is 1.41 bits per heavy atom. The van der Waals surface area contributed by atoms with Crippen LogP contribution in [0.3, 0.4) is 0 Å². The largest absolute Gasteiger partial charge is 0.315 e. The number of alkyl halides is 1. The number of hydrogen-bond donors (Lipinski definition) is 3. The van der Waals surface area contributed by atoms with Gasteiger partial charge in [0.2, 0.25) is 0 Å². The van der Waals surface area contributed by atoms with Crippen LogP contribution in [0, 0.1) is 0 Å². The number of hydrogen-bond acceptors (Lipinski definition) is 4. The van der Waals surface area contributed by atoms with E-state index in [0.29, 0.717) is 0 Å². The minimum atomic E-state index is 1.07. The Balaban J connectivity index is 2.19. The summed E-state index contributed by atoms with van der Waals surface area (Å²) in [6.45, 7) is 10.2. The van der Waals surface area contributed by atoms with Crippen LogP contribution in [0.4, 0.5) is 0 Å². The predicted molar refractivity (Wildman–Crippen MR) is 78.1 cm³/mol. The third-order valence-electron chi connectivity index (χ3n) is 3.02. The standard InChI is InChI=1S/C12H27BrN4/c13-3-11-17-10-2-6-15-8-7-14-4-1-5-16-9-12-17/h14-16H,1-12H2. The Morgan fingerprint density at radius 3 is 2.12 bits per heavy atom. The smallest absolute Gasteiger partial charge is 0.0159 e. The monoisotopic (exact) mass is 306 g/mol. The summed E-state index contributed by atoms with van der Waals surface area (Å²) in [5.74, 6) is 0. The van der Waals surface area contributed by atoms with Crippen molar-refractivity contribution in [1.29, 1.82) is 0 Å². The summed E-state index contributed by atoms with van der Waals surface area (Å²) in [5, 5.41) is 11.5. The number of halogens is 1. The van der Waals surface area contributed by atoms with E-state index in [1.165, 1.54) is 25.9 Å². The molecule has 17 heavy (non-hydrogen) atoms. The van der Waals surface area contributed by atoms with E-state index in [1.54, 1.807) is 0 Å². The van der Waals surface area contributed by atoms with Crippen molar-refractivity contribution >= 4 is 15.9 Å². The van der Waals surface area contributed by atoms with Gasteiger partial charge in [0.05, 0.1) is 0 Å². The first-order chi connectivity index (χ1) is 8.43. The van der Waals surface area contributed by atoms with E-state index in [9.17, 15) is 0 Å². The highest BCUT2D eigenvalue weighted by Gasteiger charge is 2.03. The molecule has 1 fully saturated rings. The van der Waals surface area contributed by atoms with Crippen LogP contribution < -0.4 is 16.0 Å². The lowest BCUT2D eigenvalue weighted by Gasteiger charge is -2.22. The van der Waals surface area contributed by atoms with Crippen LogP contribution >= 0.6 is 15.9 Å². The van der Waals surface area contributed by atoms with E-state index >= 15 is 0 Å². The zero-order chi connectivity index (χ0) is 12.2. The van der Waals surface area contributed by atoms with Crippen molar-refractivity contribution in [3.63, 3.8) is 0 Å². The van der Waals surface area contributed by atoms with Crippen LogP contribution in [0.5, 0.6) is 0 Å². The second kappa shape index (κ2) is 11.4. The Hall–Kier alpha value is 0.320. The highest BCUT2D eigenvalue weighted by Crippen LogP contribution is 1.93. The summed E-state index contributed by atoms with van der Waals surface area (Å²) in [7, 11) is 0. The molecule has 0 spiro atoms. The number of nitrogens with zero attached hydrogens (tertiary/aromatic N) is 1. The first-order valence-corrected chi connectivity index (χ1v) is 7.96. The molecule has 0 saturated carbocycles. The Labute approximate surface area is 114 Å². The lowest BCUT2D eigenvalue weighted by Crippen LogP contribution is -2.37. The summed E-state index contributed by atoms with van der Waals surface area (Å²) < 4.78 is 0. The molecule has 1 saturated heterocycles. The van der Waals surface area contributed by atoms with Gasteiger partial charge in [0, 0.05) is 38.1 Å². The van der Waals surface area contributed by atoms with E-state index < -0.39 is 0 Å². The third kappa shape index (κ3) is 8.97. The van der Waals surface area contributed by atoms with Gasteiger partial charge < -0.3 is 20.9 Å². The van der Waals surface area contributed by atoms with Crippen LogP contribution in [0.1, 0.15) is 12.8 Å². The second-order valence-electron chi connectivity index (χ2n) is 4.49. The van der Waals surface area contributed by atoms with Gasteiger partial charge in [-0.05, 0) is 39.0 Å². The van der Waals surface area contributed by atoms with Crippen molar-refractivity contribution in [3.05, 3.63) is 0 Å². The molecule has 0 atom stereocenters. The molecule has 1 aliphatic heterocycles. The molecular formula is C12H27BrN4. The van der Waals surface area contributed by atoms with Gasteiger partial charge in [-0.1, -0.05) is 15.9 Å². The summed E-state index contributed by atoms with van der Waals surface area (Å²) in [6.07, 6.45) is 2.46. The Morgan fingerprint density at radius 1 is 0.765 bits per heavy atom. The van der Waals surface area contributed by atoms with Gasteiger partial charge >= 0.3 is 0 Å². The Bertz CT molecular complexity index is 155. The molecule has 0 bridgehead atoms. The molecule has 102 valence electrons. The molecule has 1 aliphatic rings. The van der Waals surface area contributed by atoms with Gasteiger partial charge in [-0.3, -0.25) is 0 Å². The molecule has 1 heterocycles. The maximum absolute atomic E-state index is 3.53. The lowest BCUT2D eigenvalue weighted by molar-refractivity contribution is 0.284. The number of nitrogens with one attached hydrogen (secondary N) is 3. The molecule has 1 rings (SSSR count). The third-order valence-corrected chi connectivity index (χ3v) is 3.37. The molecule has 5 heteroatoms. The van der Waals surface area contributed by atoms with E-state index in [0.717, 1.165) is 51.1 Å². The van der Waals surface area contributed by atoms with Crippen LogP contribution in [0.25, 0.3) is 0 Å². The topological polar surface area (TPSA) is 39.3 Å². The summed E-state index contributed by atoms with van der Waals surface area (Å²) in [5.41, 5.74) is 0. The average Bonchev–Trinajstić information content (AvgIpc) is 2.34. The minimum Gasteiger partial charge on any atom is -0.315 e. The molecule has 0 aliphatic carbocycles. The maximum atomic E-state index is 3.53. The minimum absolute atomic E-state index is 1.07. The van der Waals surface area contributed by atoms with Gasteiger partial charge in [-0.25, -0.2) is 0 Å². The maximum Gasteiger partial charge on any atom is 0.0159 e. The fourth-order valence-corrected chi connectivity index (χ4v) is 2.51. The van der Waals surface area contributed by atoms with Crippen molar-refractivity contribution < 1.29 is 0 Å². The first-order valence-electron chi connectivity index (χ1n) is 6.84. The lowest BCUT2D eigenvalue weighted by atomic mass is 10.3. The van der Waals surface area contributed by atoms with E-state index in [2.05, 4.69) is 36.8 Å². The van der Waals surface area contributed by atoms with Crippen molar-refractivity contribution in [2.45, 2.75) is 12.8 Å². The van der Waals surface area contributed by atoms with Crippen molar-refractivity contribution in [2.75, 3.05) is 64.2 Å². The molecule has 0 amide bonds. The number of rotatable bonds is 2. The summed E-state index contributed by atoms with van der Waals surface area (Å²) >= 11 is 3.53. The zero-order valence-electron chi connectivity index (χ0n) is 10.8. The van der Waals surface area contributed by atoms with E-state index in [4.69, 9.17) is 0 Å². The first kappa shape index (κ1) is 15.4. The van der Waals surface area contributed by atoms with Crippen LogP contribution in [-0.2, 0) is 0 Å². The van der Waals surface area contributed by atoms with Gasteiger partial charge in [0.15, 0.2) is 0 Å². The predicted octanol–water partition coefficient (Wildman–Crippen LogP) is 0.246. The highest BCUT2D eigenvalue weighted by atomic mass is 79.9. The van der Waals surface area contributed by atoms with Crippen molar-refractivity contribution in [1.82, 2.24) is 20.9 Å². The quantitative estimate of drug-likeness (QED) is 0.640. The zero-order valence-corrected chi connectivity index (χ0v) is 12.4. The van der Waals surface area contributed by atoms with E-state index in [-0.39, 0.29) is 0 Å². The van der Waals surface area contributed by atoms with Gasteiger partial charge in [-0.15, -0.1) is 0 Å². The van der Waals surface area contributed by atoms with Gasteiger partial charge in [0.1, 0.15) is 0 Å². The fraction of sp³-hybridized carbons (Fsp3) is 1.00. The SMILES string of the molecule is BrCCN1CCCNCCNCCCNCC1. The molecule has 0 aromatic heterocycles. The van der Waals surface area contributed by atoms with Gasteiger partial charge in [0.25, 0.3) is 0 Å². The molecule has 0 unspecified atom stereocenters. The summed E-state index contributed by atoms with van der Waals surface area (Å²) in [6, 6.07) is 0. The molecule has 3 N–H and O–H groups in total. The molecule has 0 aromatic carbocycles. The van der Waals surface area contributed by atoms with Crippen LogP contribution in [0.2, 0.25) is 0 Å². The average molecular weight is 307 g/mol. The molecule has 0 radical (unpaired) electrons. The molecule has 4 nitrogen and oxygen atoms in total. The second-order valence-corrected chi connectivity index (χ2v) is 5.28. The van der Waals surface area contributed by atoms with Crippen molar-refractivity contribution in [2.24, 2.45) is 0 Å².